The topological polar surface area (TPSA) is 152 Å². The van der Waals surface area contributed by atoms with Crippen LogP contribution in [0.3, 0.4) is 0 Å². The summed E-state index contributed by atoms with van der Waals surface area (Å²) in [4.78, 5) is 53.5. The Labute approximate surface area is 188 Å². The Kier molecular flexibility index (Phi) is 6.51. The monoisotopic (exact) mass is 494 g/mol. The first-order valence-electron chi connectivity index (χ1n) is 8.42. The number of nitrogen functional groups attached to an aromatic ring is 1. The Morgan fingerprint density at radius 3 is 2.70 bits per heavy atom. The number of halogens is 2. The molecule has 1 aromatic heterocycles. The van der Waals surface area contributed by atoms with Crippen molar-refractivity contribution < 1.29 is 29.0 Å². The number of esters is 1. The zero-order chi connectivity index (χ0) is 22.2. The van der Waals surface area contributed by atoms with Gasteiger partial charge in [0, 0.05) is 24.6 Å². The number of carboxylic acids is 1. The molecule has 0 bridgehead atoms. The number of β-lactam (4-membered cyclic amide) rings is 1. The van der Waals surface area contributed by atoms with Crippen LogP contribution in [-0.4, -0.2) is 69.1 Å². The number of thioether (sulfide) groups is 1. The summed E-state index contributed by atoms with van der Waals surface area (Å²) < 4.78 is 4.57. The number of ether oxygens (including phenoxy) is 1. The highest BCUT2D eigenvalue weighted by Crippen LogP contribution is 2.42. The van der Waals surface area contributed by atoms with Crippen LogP contribution in [0.15, 0.2) is 9.87 Å². The molecule has 14 heteroatoms. The lowest BCUT2D eigenvalue weighted by molar-refractivity contribution is -0.164. The molecule has 0 aliphatic carbocycles. The maximum atomic E-state index is 12.7. The zero-order valence-electron chi connectivity index (χ0n) is 15.4. The van der Waals surface area contributed by atoms with Crippen molar-refractivity contribution in [1.29, 1.82) is 0 Å². The maximum absolute atomic E-state index is 12.7. The van der Waals surface area contributed by atoms with E-state index < -0.39 is 40.6 Å². The minimum absolute atomic E-state index is 0.0952. The fourth-order valence-electron chi connectivity index (χ4n) is 3.06. The molecule has 3 atom stereocenters. The van der Waals surface area contributed by atoms with Crippen LogP contribution in [0.1, 0.15) is 12.6 Å². The summed E-state index contributed by atoms with van der Waals surface area (Å²) in [6.45, 7) is 0.690. The average Bonchev–Trinajstić information content (AvgIpc) is 3.09. The van der Waals surface area contributed by atoms with Crippen LogP contribution in [-0.2, 0) is 23.9 Å². The number of anilines is 1. The van der Waals surface area contributed by atoms with Crippen molar-refractivity contribution in [2.75, 3.05) is 24.6 Å². The van der Waals surface area contributed by atoms with Crippen LogP contribution in [0.25, 0.3) is 5.57 Å². The van der Waals surface area contributed by atoms with Crippen molar-refractivity contribution in [2.24, 2.45) is 5.41 Å². The second-order valence-electron chi connectivity index (χ2n) is 6.69. The largest absolute Gasteiger partial charge is 0.481 e. The number of hydrogen-bond donors (Lipinski definition) is 3. The quantitative estimate of drug-likeness (QED) is 0.297. The van der Waals surface area contributed by atoms with Crippen molar-refractivity contribution in [3.63, 3.8) is 0 Å². The Balaban J connectivity index is 1.71. The molecule has 3 rings (SSSR count). The third-order valence-electron chi connectivity index (χ3n) is 4.63. The van der Waals surface area contributed by atoms with Gasteiger partial charge in [-0.3, -0.25) is 19.2 Å². The van der Waals surface area contributed by atoms with Crippen LogP contribution in [0.2, 0.25) is 0 Å². The number of aromatic nitrogens is 1. The molecular formula is C16H16Cl2N4O6S2. The molecule has 4 N–H and O–H groups in total. The number of fused-ring (bicyclic) bond motifs is 1. The number of nitrogens with zero attached hydrogens (tertiary/aromatic N) is 2. The van der Waals surface area contributed by atoms with Gasteiger partial charge >= 0.3 is 11.9 Å². The number of aliphatic carboxylic acids is 1. The summed E-state index contributed by atoms with van der Waals surface area (Å²) in [5.41, 5.74) is 4.23. The van der Waals surface area contributed by atoms with Crippen molar-refractivity contribution >= 4 is 80.8 Å². The van der Waals surface area contributed by atoms with Gasteiger partial charge in [-0.25, -0.2) is 4.98 Å². The van der Waals surface area contributed by atoms with Crippen molar-refractivity contribution in [3.8, 4) is 0 Å². The average molecular weight is 495 g/mol. The molecule has 3 heterocycles. The lowest BCUT2D eigenvalue weighted by Crippen LogP contribution is -2.74. The minimum Gasteiger partial charge on any atom is -0.481 e. The Morgan fingerprint density at radius 1 is 1.47 bits per heavy atom. The van der Waals surface area contributed by atoms with Gasteiger partial charge in [-0.1, -0.05) is 23.2 Å². The number of carboxylic acid groups (broad SMARTS) is 1. The predicted octanol–water partition coefficient (Wildman–Crippen LogP) is 0.905. The molecule has 10 nitrogen and oxygen atoms in total. The molecule has 2 amide bonds. The molecule has 2 saturated heterocycles. The Hall–Kier alpha value is -2.02. The van der Waals surface area contributed by atoms with E-state index in [0.717, 1.165) is 11.3 Å². The van der Waals surface area contributed by atoms with Gasteiger partial charge in [0.15, 0.2) is 5.13 Å². The molecule has 2 fully saturated rings. The summed E-state index contributed by atoms with van der Waals surface area (Å²) >= 11 is 13.9. The smallest absolute Gasteiger partial charge is 0.315 e. The van der Waals surface area contributed by atoms with Gasteiger partial charge in [-0.15, -0.1) is 23.1 Å². The van der Waals surface area contributed by atoms with Gasteiger partial charge in [-0.2, -0.15) is 0 Å². The van der Waals surface area contributed by atoms with Gasteiger partial charge in [0.1, 0.15) is 27.9 Å². The number of nitrogens with one attached hydrogen (secondary N) is 1. The first-order chi connectivity index (χ1) is 14.1. The van der Waals surface area contributed by atoms with E-state index in [0.29, 0.717) is 0 Å². The van der Waals surface area contributed by atoms with E-state index in [2.05, 4.69) is 10.3 Å². The molecule has 0 aromatic carbocycles. The molecule has 1 aromatic rings. The number of rotatable bonds is 6. The van der Waals surface area contributed by atoms with Gasteiger partial charge < -0.3 is 25.8 Å². The normalized spacial score (nSPS) is 25.0. The number of hydrogen-bond acceptors (Lipinski definition) is 9. The third kappa shape index (κ3) is 4.22. The van der Waals surface area contributed by atoms with Crippen LogP contribution >= 0.6 is 46.3 Å². The van der Waals surface area contributed by atoms with E-state index in [1.165, 1.54) is 29.0 Å². The summed E-state index contributed by atoms with van der Waals surface area (Å²) in [6, 6.07) is -0.887. The first-order valence-corrected chi connectivity index (χ1v) is 11.1. The molecule has 0 spiro atoms. The Morgan fingerprint density at radius 2 is 2.17 bits per heavy atom. The molecule has 30 heavy (non-hydrogen) atoms. The standard InChI is InChI=1S/C16H16Cl2N4O6S2/c1-6(23)28-4-16(14(26)27)3-22-12(25)9(13(22)30-5-16)21-11(24)8(10(17)18)7-2-29-15(19)20-7/h2,9,13H,3-5H2,1H3,(H2,19,20)(H,21,24)(H,26,27)/t9?,13-,16?/m1/s1. The third-order valence-corrected chi connectivity index (χ3v) is 7.27. The van der Waals surface area contributed by atoms with Crippen molar-refractivity contribution in [1.82, 2.24) is 15.2 Å². The van der Waals surface area contributed by atoms with Crippen molar-refractivity contribution in [2.45, 2.75) is 18.3 Å². The summed E-state index contributed by atoms with van der Waals surface area (Å²) in [6.07, 6.45) is 0. The van der Waals surface area contributed by atoms with Crippen LogP contribution in [0.4, 0.5) is 5.13 Å². The van der Waals surface area contributed by atoms with Gasteiger partial charge in [0.2, 0.25) is 5.91 Å². The van der Waals surface area contributed by atoms with E-state index in [4.69, 9.17) is 33.7 Å². The van der Waals surface area contributed by atoms with E-state index in [1.807, 2.05) is 0 Å². The highest BCUT2D eigenvalue weighted by molar-refractivity contribution is 8.00. The van der Waals surface area contributed by atoms with Crippen LogP contribution < -0.4 is 11.1 Å². The van der Waals surface area contributed by atoms with Crippen LogP contribution in [0.5, 0.6) is 0 Å². The number of carbonyl (C=O) groups is 4. The highest BCUT2D eigenvalue weighted by Gasteiger charge is 2.58. The number of thiazole rings is 1. The van der Waals surface area contributed by atoms with E-state index in [-0.39, 0.29) is 39.8 Å². The lowest BCUT2D eigenvalue weighted by Gasteiger charge is -2.53. The Bertz CT molecular complexity index is 950. The zero-order valence-corrected chi connectivity index (χ0v) is 18.5. The van der Waals surface area contributed by atoms with Gasteiger partial charge in [-0.05, 0) is 0 Å². The van der Waals surface area contributed by atoms with Crippen molar-refractivity contribution in [3.05, 3.63) is 15.6 Å². The number of nitrogens with two attached hydrogens (primary N) is 1. The maximum Gasteiger partial charge on any atom is 0.315 e. The predicted molar refractivity (Wildman–Crippen MR) is 112 cm³/mol. The van der Waals surface area contributed by atoms with Crippen LogP contribution in [0, 0.1) is 5.41 Å². The van der Waals surface area contributed by atoms with Gasteiger partial charge in [0.25, 0.3) is 5.91 Å². The van der Waals surface area contributed by atoms with E-state index in [1.54, 1.807) is 0 Å². The fraction of sp³-hybridized carbons (Fsp3) is 0.438. The molecule has 2 aliphatic rings. The highest BCUT2D eigenvalue weighted by atomic mass is 35.5. The molecular weight excluding hydrogens is 479 g/mol. The molecule has 2 aliphatic heterocycles. The van der Waals surface area contributed by atoms with E-state index in [9.17, 15) is 24.3 Å². The summed E-state index contributed by atoms with van der Waals surface area (Å²) in [7, 11) is 0. The molecule has 0 saturated carbocycles. The second-order valence-corrected chi connectivity index (χ2v) is 9.64. The lowest BCUT2D eigenvalue weighted by atomic mass is 9.88. The molecule has 2 unspecified atom stereocenters. The van der Waals surface area contributed by atoms with Gasteiger partial charge in [0.05, 0.1) is 11.3 Å². The second kappa shape index (κ2) is 8.61. The van der Waals surface area contributed by atoms with E-state index >= 15 is 0 Å². The first kappa shape index (κ1) is 22.7. The summed E-state index contributed by atoms with van der Waals surface area (Å²) in [5.74, 6) is -2.85. The molecule has 162 valence electrons. The number of amides is 2. The fourth-order valence-corrected chi connectivity index (χ4v) is 5.50. The minimum atomic E-state index is -1.42. The SMILES string of the molecule is CC(=O)OCC1(C(=O)O)CS[C@@H]2C(NC(=O)C(=C(Cl)Cl)c3csc(N)n3)C(=O)N2C1. The number of carbonyl (C=O) groups excluding carboxylic acids is 3. The molecule has 0 radical (unpaired) electrons. The summed E-state index contributed by atoms with van der Waals surface area (Å²) in [5, 5.41) is 13.5.